The number of nitrogens with one attached hydrogen (secondary N) is 1. The number of rotatable bonds is 5. The first kappa shape index (κ1) is 25.7. The van der Waals surface area contributed by atoms with Gasteiger partial charge in [-0.2, -0.15) is 17.6 Å². The van der Waals surface area contributed by atoms with Gasteiger partial charge in [0.1, 0.15) is 11.8 Å². The Morgan fingerprint density at radius 2 is 1.94 bits per heavy atom. The largest absolute Gasteiger partial charge is 0.493 e. The van der Waals surface area contributed by atoms with Crippen LogP contribution in [0.15, 0.2) is 29.3 Å². The number of methoxy groups -OCH3 is 1. The molecule has 0 spiro atoms. The number of nitrogens with zero attached hydrogens (tertiary/aromatic N) is 1. The summed E-state index contributed by atoms with van der Waals surface area (Å²) in [5, 5.41) is 2.36. The van der Waals surface area contributed by atoms with Crippen molar-refractivity contribution in [2.24, 2.45) is 11.7 Å². The standard InChI is InChI=1S/C21H20F5N3O4S/c1-8-14(9-4-5-10(22)15(23)16(9)32-3)17(33-20(8,2)21(24,25)26)19(31)29-11-6-12(18(27)30)28-7-13(11)34/h4-8,14,17,34H,1-3H3,(H2,27,30)(H,28,29,31)/t8-,14-,17+,20+/m0/s1. The first-order chi connectivity index (χ1) is 15.7. The highest BCUT2D eigenvalue weighted by Gasteiger charge is 2.65. The molecule has 0 bridgehead atoms. The summed E-state index contributed by atoms with van der Waals surface area (Å²) in [6, 6.07) is 2.87. The molecule has 0 saturated carbocycles. The first-order valence-electron chi connectivity index (χ1n) is 9.79. The minimum Gasteiger partial charge on any atom is -0.493 e. The normalized spacial score (nSPS) is 24.7. The lowest BCUT2D eigenvalue weighted by Crippen LogP contribution is -2.47. The zero-order valence-corrected chi connectivity index (χ0v) is 18.9. The van der Waals surface area contributed by atoms with Gasteiger partial charge in [0, 0.05) is 28.5 Å². The monoisotopic (exact) mass is 505 g/mol. The Kier molecular flexibility index (Phi) is 6.82. The predicted molar refractivity (Wildman–Crippen MR) is 113 cm³/mol. The van der Waals surface area contributed by atoms with Gasteiger partial charge in [0.2, 0.25) is 5.82 Å². The van der Waals surface area contributed by atoms with Crippen LogP contribution in [-0.4, -0.2) is 41.8 Å². The Morgan fingerprint density at radius 3 is 2.50 bits per heavy atom. The maximum atomic E-state index is 14.4. The number of aromatic nitrogens is 1. The molecule has 1 aliphatic heterocycles. The van der Waals surface area contributed by atoms with Crippen LogP contribution in [0.4, 0.5) is 27.6 Å². The maximum Gasteiger partial charge on any atom is 0.417 e. The topological polar surface area (TPSA) is 104 Å². The summed E-state index contributed by atoms with van der Waals surface area (Å²) in [5.41, 5.74) is 1.89. The van der Waals surface area contributed by atoms with Gasteiger partial charge in [-0.25, -0.2) is 9.37 Å². The highest BCUT2D eigenvalue weighted by atomic mass is 32.1. The minimum atomic E-state index is -4.91. The highest BCUT2D eigenvalue weighted by Crippen LogP contribution is 2.55. The second kappa shape index (κ2) is 9.02. The number of thiol groups is 1. The fraction of sp³-hybridized carbons (Fsp3) is 0.381. The molecule has 2 heterocycles. The zero-order chi connectivity index (χ0) is 25.6. The van der Waals surface area contributed by atoms with Crippen molar-refractivity contribution < 1.29 is 41.0 Å². The molecule has 3 rings (SSSR count). The number of benzene rings is 1. The van der Waals surface area contributed by atoms with E-state index in [1.54, 1.807) is 0 Å². The number of halogens is 5. The molecule has 4 atom stereocenters. The van der Waals surface area contributed by atoms with E-state index in [1.807, 2.05) is 0 Å². The number of nitrogens with two attached hydrogens (primary N) is 1. The van der Waals surface area contributed by atoms with E-state index in [4.69, 9.17) is 15.2 Å². The Morgan fingerprint density at radius 1 is 1.29 bits per heavy atom. The van der Waals surface area contributed by atoms with Gasteiger partial charge in [0.15, 0.2) is 17.2 Å². The van der Waals surface area contributed by atoms with Gasteiger partial charge in [-0.3, -0.25) is 9.59 Å². The van der Waals surface area contributed by atoms with Crippen molar-refractivity contribution in [2.75, 3.05) is 12.4 Å². The molecule has 184 valence electrons. The molecular weight excluding hydrogens is 485 g/mol. The molecule has 0 radical (unpaired) electrons. The number of ether oxygens (including phenoxy) is 2. The quantitative estimate of drug-likeness (QED) is 0.423. The van der Waals surface area contributed by atoms with Gasteiger partial charge in [0.25, 0.3) is 11.8 Å². The van der Waals surface area contributed by atoms with Crippen molar-refractivity contribution >= 4 is 30.1 Å². The zero-order valence-electron chi connectivity index (χ0n) is 18.0. The number of hydrogen-bond donors (Lipinski definition) is 3. The molecule has 13 heteroatoms. The van der Waals surface area contributed by atoms with Gasteiger partial charge in [-0.15, -0.1) is 12.6 Å². The van der Waals surface area contributed by atoms with Crippen LogP contribution >= 0.6 is 12.6 Å². The molecule has 2 aromatic rings. The molecule has 1 fully saturated rings. The Bertz CT molecular complexity index is 1150. The number of alkyl halides is 3. The lowest BCUT2D eigenvalue weighted by atomic mass is 9.77. The van der Waals surface area contributed by atoms with Crippen molar-refractivity contribution in [3.05, 3.63) is 47.3 Å². The summed E-state index contributed by atoms with van der Waals surface area (Å²) in [7, 11) is 1.02. The lowest BCUT2D eigenvalue weighted by Gasteiger charge is -2.32. The Balaban J connectivity index is 2.10. The number of pyridine rings is 1. The maximum absolute atomic E-state index is 14.4. The molecule has 0 unspecified atom stereocenters. The first-order valence-corrected chi connectivity index (χ1v) is 10.2. The van der Waals surface area contributed by atoms with Crippen LogP contribution in [0.1, 0.15) is 35.8 Å². The lowest BCUT2D eigenvalue weighted by molar-refractivity contribution is -0.272. The predicted octanol–water partition coefficient (Wildman–Crippen LogP) is 3.83. The molecule has 34 heavy (non-hydrogen) atoms. The Labute approximate surface area is 196 Å². The van der Waals surface area contributed by atoms with Crippen molar-refractivity contribution in [1.29, 1.82) is 0 Å². The summed E-state index contributed by atoms with van der Waals surface area (Å²) in [6.45, 7) is 1.96. The van der Waals surface area contributed by atoms with Crippen molar-refractivity contribution in [3.63, 3.8) is 0 Å². The summed E-state index contributed by atoms with van der Waals surface area (Å²) in [5.74, 6) is -8.10. The molecule has 1 aromatic heterocycles. The number of anilines is 1. The van der Waals surface area contributed by atoms with Crippen molar-refractivity contribution in [2.45, 2.75) is 42.5 Å². The molecular formula is C21H20F5N3O4S. The smallest absolute Gasteiger partial charge is 0.417 e. The van der Waals surface area contributed by atoms with E-state index in [1.165, 1.54) is 6.92 Å². The number of carbonyl (C=O) groups is 2. The SMILES string of the molecule is COc1c([C@H]2[C@H](C(=O)Nc3cc(C(N)=O)ncc3S)O[C@@](C)(C(F)(F)F)[C@H]2C)ccc(F)c1F. The van der Waals surface area contributed by atoms with E-state index in [9.17, 15) is 31.5 Å². The minimum absolute atomic E-state index is 0.0648. The van der Waals surface area contributed by atoms with Crippen molar-refractivity contribution in [3.8, 4) is 5.75 Å². The van der Waals surface area contributed by atoms with Crippen LogP contribution in [0.2, 0.25) is 0 Å². The average molecular weight is 505 g/mol. The van der Waals surface area contributed by atoms with E-state index < -0.39 is 58.9 Å². The molecule has 0 aliphatic carbocycles. The average Bonchev–Trinajstić information content (AvgIpc) is 3.03. The van der Waals surface area contributed by atoms with Crippen LogP contribution in [-0.2, 0) is 9.53 Å². The molecule has 2 amide bonds. The Hall–Kier alpha value is -2.93. The van der Waals surface area contributed by atoms with Crippen LogP contribution < -0.4 is 15.8 Å². The van der Waals surface area contributed by atoms with E-state index in [-0.39, 0.29) is 21.8 Å². The van der Waals surface area contributed by atoms with E-state index >= 15 is 0 Å². The van der Waals surface area contributed by atoms with Gasteiger partial charge in [-0.1, -0.05) is 13.0 Å². The van der Waals surface area contributed by atoms with E-state index in [2.05, 4.69) is 22.9 Å². The summed E-state index contributed by atoms with van der Waals surface area (Å²) < 4.78 is 80.3. The molecule has 3 N–H and O–H groups in total. The summed E-state index contributed by atoms with van der Waals surface area (Å²) >= 11 is 4.12. The van der Waals surface area contributed by atoms with E-state index in [0.29, 0.717) is 0 Å². The molecule has 1 aromatic carbocycles. The van der Waals surface area contributed by atoms with Gasteiger partial charge in [-0.05, 0) is 19.1 Å². The summed E-state index contributed by atoms with van der Waals surface area (Å²) in [6.07, 6.45) is -5.60. The molecule has 7 nitrogen and oxygen atoms in total. The van der Waals surface area contributed by atoms with Crippen LogP contribution in [0.25, 0.3) is 0 Å². The van der Waals surface area contributed by atoms with Crippen LogP contribution in [0.3, 0.4) is 0 Å². The van der Waals surface area contributed by atoms with Gasteiger partial charge in [0.05, 0.1) is 12.8 Å². The molecule has 1 aliphatic rings. The number of amides is 2. The number of hydrogen-bond acceptors (Lipinski definition) is 6. The summed E-state index contributed by atoms with van der Waals surface area (Å²) in [4.78, 5) is 28.4. The number of carbonyl (C=O) groups excluding carboxylic acids is 2. The third-order valence-electron chi connectivity index (χ3n) is 5.96. The second-order valence-corrected chi connectivity index (χ2v) is 8.36. The van der Waals surface area contributed by atoms with Gasteiger partial charge >= 0.3 is 6.18 Å². The van der Waals surface area contributed by atoms with Crippen LogP contribution in [0, 0.1) is 17.6 Å². The fourth-order valence-electron chi connectivity index (χ4n) is 3.93. The fourth-order valence-corrected chi connectivity index (χ4v) is 4.11. The highest BCUT2D eigenvalue weighted by molar-refractivity contribution is 7.80. The van der Waals surface area contributed by atoms with Crippen molar-refractivity contribution in [1.82, 2.24) is 4.98 Å². The number of primary amides is 1. The third-order valence-corrected chi connectivity index (χ3v) is 6.32. The van der Waals surface area contributed by atoms with Gasteiger partial charge < -0.3 is 20.5 Å². The van der Waals surface area contributed by atoms with Crippen LogP contribution in [0.5, 0.6) is 5.75 Å². The molecule has 1 saturated heterocycles. The second-order valence-electron chi connectivity index (χ2n) is 7.88. The third kappa shape index (κ3) is 4.29. The van der Waals surface area contributed by atoms with E-state index in [0.717, 1.165) is 38.4 Å².